The Morgan fingerprint density at radius 1 is 1.21 bits per heavy atom. The van der Waals surface area contributed by atoms with Gasteiger partial charge >= 0.3 is 6.18 Å². The van der Waals surface area contributed by atoms with E-state index in [0.29, 0.717) is 0 Å². The highest BCUT2D eigenvalue weighted by atomic mass is 19.4. The van der Waals surface area contributed by atoms with Gasteiger partial charge in [0.25, 0.3) is 0 Å². The molecule has 5 heteroatoms. The van der Waals surface area contributed by atoms with Gasteiger partial charge in [0.05, 0.1) is 5.56 Å². The lowest BCUT2D eigenvalue weighted by Gasteiger charge is -2.37. The SMILES string of the molecule is CN1CCC2(CC1)Cc1cc(C(F)(F)F)cnc1C2. The van der Waals surface area contributed by atoms with Gasteiger partial charge in [0, 0.05) is 11.9 Å². The van der Waals surface area contributed by atoms with Crippen LogP contribution in [0.3, 0.4) is 0 Å². The Kier molecular flexibility index (Phi) is 2.85. The van der Waals surface area contributed by atoms with Crippen molar-refractivity contribution in [3.8, 4) is 0 Å². The fourth-order valence-electron chi connectivity index (χ4n) is 3.27. The second-order valence-corrected chi connectivity index (χ2v) is 5.98. The largest absolute Gasteiger partial charge is 0.417 e. The van der Waals surface area contributed by atoms with Gasteiger partial charge in [0.2, 0.25) is 0 Å². The average Bonchev–Trinajstić information content (AvgIpc) is 2.69. The zero-order valence-electron chi connectivity index (χ0n) is 10.9. The summed E-state index contributed by atoms with van der Waals surface area (Å²) in [5.41, 5.74) is 1.22. The van der Waals surface area contributed by atoms with Crippen LogP contribution in [0.1, 0.15) is 29.7 Å². The number of fused-ring (bicyclic) bond motifs is 1. The van der Waals surface area contributed by atoms with Crippen LogP contribution in [-0.4, -0.2) is 30.0 Å². The van der Waals surface area contributed by atoms with Crippen molar-refractivity contribution in [3.63, 3.8) is 0 Å². The fraction of sp³-hybridized carbons (Fsp3) is 0.643. The van der Waals surface area contributed by atoms with Crippen LogP contribution >= 0.6 is 0 Å². The number of alkyl halides is 3. The van der Waals surface area contributed by atoms with Gasteiger partial charge in [-0.25, -0.2) is 0 Å². The van der Waals surface area contributed by atoms with E-state index in [1.165, 1.54) is 6.07 Å². The number of piperidine rings is 1. The lowest BCUT2D eigenvalue weighted by Crippen LogP contribution is -2.38. The van der Waals surface area contributed by atoms with Crippen LogP contribution in [-0.2, 0) is 19.0 Å². The summed E-state index contributed by atoms with van der Waals surface area (Å²) in [7, 11) is 2.09. The first-order valence-electron chi connectivity index (χ1n) is 6.62. The number of likely N-dealkylation sites (tertiary alicyclic amines) is 1. The monoisotopic (exact) mass is 270 g/mol. The topological polar surface area (TPSA) is 16.1 Å². The molecule has 2 nitrogen and oxygen atoms in total. The molecule has 0 atom stereocenters. The highest BCUT2D eigenvalue weighted by molar-refractivity contribution is 5.33. The third-order valence-corrected chi connectivity index (χ3v) is 4.54. The molecule has 0 aromatic carbocycles. The predicted octanol–water partition coefficient (Wildman–Crippen LogP) is 2.91. The molecule has 1 saturated heterocycles. The highest BCUT2D eigenvalue weighted by Gasteiger charge is 2.41. The third kappa shape index (κ3) is 2.36. The summed E-state index contributed by atoms with van der Waals surface area (Å²) in [5, 5.41) is 0. The van der Waals surface area contributed by atoms with Crippen molar-refractivity contribution >= 4 is 0 Å². The minimum atomic E-state index is -4.29. The predicted molar refractivity (Wildman–Crippen MR) is 65.8 cm³/mol. The molecule has 0 radical (unpaired) electrons. The van der Waals surface area contributed by atoms with Crippen molar-refractivity contribution in [2.24, 2.45) is 5.41 Å². The number of nitrogens with zero attached hydrogens (tertiary/aromatic N) is 2. The molecular weight excluding hydrogens is 253 g/mol. The van der Waals surface area contributed by atoms with Crippen molar-refractivity contribution in [2.45, 2.75) is 31.9 Å². The van der Waals surface area contributed by atoms with Gasteiger partial charge in [-0.1, -0.05) is 0 Å². The number of pyridine rings is 1. The van der Waals surface area contributed by atoms with E-state index in [9.17, 15) is 13.2 Å². The van der Waals surface area contributed by atoms with Gasteiger partial charge in [-0.3, -0.25) is 4.98 Å². The van der Waals surface area contributed by atoms with Crippen molar-refractivity contribution in [1.29, 1.82) is 0 Å². The number of hydrogen-bond donors (Lipinski definition) is 0. The van der Waals surface area contributed by atoms with Gasteiger partial charge in [0.15, 0.2) is 0 Å². The Hall–Kier alpha value is -1.10. The van der Waals surface area contributed by atoms with Crippen LogP contribution in [0.15, 0.2) is 12.3 Å². The molecule has 104 valence electrons. The summed E-state index contributed by atoms with van der Waals surface area (Å²) in [5.74, 6) is 0. The molecule has 0 amide bonds. The standard InChI is InChI=1S/C14H17F3N2/c1-19-4-2-13(3-5-19)7-10-6-11(14(15,16)17)9-18-12(10)8-13/h6,9H,2-5,7-8H2,1H3. The van der Waals surface area contributed by atoms with E-state index in [0.717, 1.165) is 56.2 Å². The molecule has 2 heterocycles. The lowest BCUT2D eigenvalue weighted by atomic mass is 9.76. The quantitative estimate of drug-likeness (QED) is 0.720. The number of aromatic nitrogens is 1. The Balaban J connectivity index is 1.84. The summed E-state index contributed by atoms with van der Waals surface area (Å²) in [6.07, 6.45) is 0.404. The molecule has 1 aromatic rings. The van der Waals surface area contributed by atoms with Crippen LogP contribution in [0.4, 0.5) is 13.2 Å². The Morgan fingerprint density at radius 2 is 1.89 bits per heavy atom. The molecule has 19 heavy (non-hydrogen) atoms. The van der Waals surface area contributed by atoms with Gasteiger partial charge in [-0.2, -0.15) is 13.2 Å². The zero-order valence-corrected chi connectivity index (χ0v) is 10.9. The van der Waals surface area contributed by atoms with Crippen LogP contribution in [0.5, 0.6) is 0 Å². The van der Waals surface area contributed by atoms with E-state index in [1.807, 2.05) is 0 Å². The molecule has 1 fully saturated rings. The first-order chi connectivity index (χ1) is 8.88. The Labute approximate surface area is 110 Å². The number of rotatable bonds is 0. The van der Waals surface area contributed by atoms with Gasteiger partial charge < -0.3 is 4.90 Å². The van der Waals surface area contributed by atoms with Crippen LogP contribution in [0, 0.1) is 5.41 Å². The molecule has 1 aliphatic heterocycles. The molecule has 2 aliphatic rings. The van der Waals surface area contributed by atoms with E-state index in [4.69, 9.17) is 0 Å². The van der Waals surface area contributed by atoms with Crippen molar-refractivity contribution in [3.05, 3.63) is 29.1 Å². The van der Waals surface area contributed by atoms with E-state index in [2.05, 4.69) is 16.9 Å². The maximum absolute atomic E-state index is 12.7. The second-order valence-electron chi connectivity index (χ2n) is 5.98. The van der Waals surface area contributed by atoms with E-state index < -0.39 is 11.7 Å². The first kappa shape index (κ1) is 12.9. The molecule has 0 unspecified atom stereocenters. The average molecular weight is 270 g/mol. The van der Waals surface area contributed by atoms with Crippen LogP contribution in [0.2, 0.25) is 0 Å². The first-order valence-corrected chi connectivity index (χ1v) is 6.62. The smallest absolute Gasteiger partial charge is 0.306 e. The molecule has 0 N–H and O–H groups in total. The van der Waals surface area contributed by atoms with Gasteiger partial charge in [-0.15, -0.1) is 0 Å². The second kappa shape index (κ2) is 4.20. The minimum Gasteiger partial charge on any atom is -0.306 e. The Morgan fingerprint density at radius 3 is 2.53 bits per heavy atom. The molecule has 1 aliphatic carbocycles. The summed E-state index contributed by atoms with van der Waals surface area (Å²) in [6.45, 7) is 2.06. The van der Waals surface area contributed by atoms with E-state index in [-0.39, 0.29) is 5.41 Å². The Bertz CT molecular complexity index is 488. The molecule has 1 aromatic heterocycles. The lowest BCUT2D eigenvalue weighted by molar-refractivity contribution is -0.137. The summed E-state index contributed by atoms with van der Waals surface area (Å²) >= 11 is 0. The minimum absolute atomic E-state index is 0.159. The molecule has 1 spiro atoms. The van der Waals surface area contributed by atoms with E-state index >= 15 is 0 Å². The normalized spacial score (nSPS) is 22.7. The fourth-order valence-corrected chi connectivity index (χ4v) is 3.27. The van der Waals surface area contributed by atoms with Gasteiger partial charge in [-0.05, 0) is 62.9 Å². The molecule has 0 saturated carbocycles. The maximum atomic E-state index is 12.7. The molecular formula is C14H17F3N2. The maximum Gasteiger partial charge on any atom is 0.417 e. The van der Waals surface area contributed by atoms with Crippen molar-refractivity contribution in [1.82, 2.24) is 9.88 Å². The zero-order chi connectivity index (χ0) is 13.7. The summed E-state index contributed by atoms with van der Waals surface area (Å²) < 4.78 is 38.1. The molecule has 3 rings (SSSR count). The van der Waals surface area contributed by atoms with Gasteiger partial charge in [0.1, 0.15) is 0 Å². The number of hydrogen-bond acceptors (Lipinski definition) is 2. The van der Waals surface area contributed by atoms with E-state index in [1.54, 1.807) is 0 Å². The third-order valence-electron chi connectivity index (χ3n) is 4.54. The number of halogens is 3. The van der Waals surface area contributed by atoms with Crippen LogP contribution < -0.4 is 0 Å². The summed E-state index contributed by atoms with van der Waals surface area (Å²) in [6, 6.07) is 1.30. The van der Waals surface area contributed by atoms with Crippen LogP contribution in [0.25, 0.3) is 0 Å². The summed E-state index contributed by atoms with van der Waals surface area (Å²) in [4.78, 5) is 6.34. The van der Waals surface area contributed by atoms with Crippen molar-refractivity contribution < 1.29 is 13.2 Å². The van der Waals surface area contributed by atoms with Crippen molar-refractivity contribution in [2.75, 3.05) is 20.1 Å². The highest BCUT2D eigenvalue weighted by Crippen LogP contribution is 2.44. The molecule has 0 bridgehead atoms.